The van der Waals surface area contributed by atoms with Gasteiger partial charge in [-0.1, -0.05) is 38.3 Å². The predicted molar refractivity (Wildman–Crippen MR) is 112 cm³/mol. The normalized spacial score (nSPS) is 11.4. The van der Waals surface area contributed by atoms with Crippen molar-refractivity contribution in [1.29, 1.82) is 0 Å². The maximum atomic E-state index is 12.0. The summed E-state index contributed by atoms with van der Waals surface area (Å²) in [5, 5.41) is 6.76. The van der Waals surface area contributed by atoms with Gasteiger partial charge in [-0.25, -0.2) is 14.7 Å². The molecule has 0 saturated carbocycles. The van der Waals surface area contributed by atoms with Gasteiger partial charge in [0.1, 0.15) is 11.6 Å². The number of aromatic amines is 1. The molecular formula is C22H33N3O4. The highest BCUT2D eigenvalue weighted by atomic mass is 16.6. The minimum absolute atomic E-state index is 0.119. The van der Waals surface area contributed by atoms with Crippen LogP contribution in [0.1, 0.15) is 64.3 Å². The lowest BCUT2D eigenvalue weighted by Crippen LogP contribution is -2.39. The summed E-state index contributed by atoms with van der Waals surface area (Å²) in [6, 6.07) is 7.70. The highest BCUT2D eigenvalue weighted by Gasteiger charge is 2.30. The molecule has 0 aliphatic rings. The van der Waals surface area contributed by atoms with Crippen molar-refractivity contribution in [2.45, 2.75) is 77.9 Å². The van der Waals surface area contributed by atoms with Crippen LogP contribution in [0.5, 0.6) is 5.75 Å². The molecule has 2 aromatic rings. The second-order valence-corrected chi connectivity index (χ2v) is 7.76. The molecule has 2 rings (SSSR count). The van der Waals surface area contributed by atoms with E-state index in [1.807, 2.05) is 24.3 Å². The van der Waals surface area contributed by atoms with Crippen molar-refractivity contribution in [2.24, 2.45) is 0 Å². The van der Waals surface area contributed by atoms with Crippen molar-refractivity contribution in [3.63, 3.8) is 0 Å². The quantitative estimate of drug-likeness (QED) is 0.432. The first-order chi connectivity index (χ1) is 13.9. The Kier molecular flexibility index (Phi) is 8.49. The van der Waals surface area contributed by atoms with Gasteiger partial charge in [-0.3, -0.25) is 4.57 Å². The number of aryl methyl sites for hydroxylation is 2. The summed E-state index contributed by atoms with van der Waals surface area (Å²) in [6.45, 7) is 6.26. The molecule has 160 valence electrons. The summed E-state index contributed by atoms with van der Waals surface area (Å²) in [5.41, 5.74) is 0.0172. The van der Waals surface area contributed by atoms with Crippen molar-refractivity contribution in [2.75, 3.05) is 7.11 Å². The van der Waals surface area contributed by atoms with E-state index in [1.54, 1.807) is 18.4 Å². The number of aromatic nitrogens is 3. The predicted octanol–water partition coefficient (Wildman–Crippen LogP) is 3.66. The van der Waals surface area contributed by atoms with Crippen LogP contribution in [0, 0.1) is 0 Å². The van der Waals surface area contributed by atoms with Crippen LogP contribution in [-0.4, -0.2) is 33.4 Å². The first-order valence-electron chi connectivity index (χ1n) is 10.4. The van der Waals surface area contributed by atoms with Crippen LogP contribution in [0.4, 0.5) is 0 Å². The van der Waals surface area contributed by atoms with Gasteiger partial charge in [-0.05, 0) is 50.8 Å². The average molecular weight is 404 g/mol. The Morgan fingerprint density at radius 3 is 2.48 bits per heavy atom. The number of unbranched alkanes of at least 4 members (excludes halogenated alkanes) is 3. The molecule has 0 saturated heterocycles. The molecule has 7 nitrogen and oxygen atoms in total. The van der Waals surface area contributed by atoms with Crippen molar-refractivity contribution in [3.8, 4) is 5.75 Å². The molecule has 0 amide bonds. The Balaban J connectivity index is 1.85. The van der Waals surface area contributed by atoms with Gasteiger partial charge < -0.3 is 9.47 Å². The molecule has 0 aliphatic carbocycles. The number of benzene rings is 1. The van der Waals surface area contributed by atoms with E-state index in [0.29, 0.717) is 5.75 Å². The molecule has 0 fully saturated rings. The fourth-order valence-corrected chi connectivity index (χ4v) is 3.23. The molecule has 1 heterocycles. The maximum absolute atomic E-state index is 12.0. The zero-order valence-electron chi connectivity index (χ0n) is 18.0. The van der Waals surface area contributed by atoms with Crippen LogP contribution in [0.25, 0.3) is 0 Å². The van der Waals surface area contributed by atoms with E-state index in [1.165, 1.54) is 25.5 Å². The van der Waals surface area contributed by atoms with E-state index in [2.05, 4.69) is 17.1 Å². The summed E-state index contributed by atoms with van der Waals surface area (Å²) in [5.74, 6) is 1.03. The zero-order valence-corrected chi connectivity index (χ0v) is 18.0. The van der Waals surface area contributed by atoms with Crippen molar-refractivity contribution >= 4 is 5.97 Å². The Labute approximate surface area is 172 Å². The SMILES string of the molecule is CCCCCCn1c(CCCc2ccc(OC(C)(C)C(=O)OC)cc2)n[nH]c1=O. The standard InChI is InChI=1S/C22H33N3O4/c1-5-6-7-8-16-25-19(23-24-21(25)27)11-9-10-17-12-14-18(15-13-17)29-22(2,3)20(26)28-4/h12-15H,5-11,16H2,1-4H3,(H,24,27). The molecular weight excluding hydrogens is 370 g/mol. The number of H-pyrrole nitrogens is 1. The summed E-state index contributed by atoms with van der Waals surface area (Å²) < 4.78 is 12.3. The number of nitrogens with zero attached hydrogens (tertiary/aromatic N) is 2. The van der Waals surface area contributed by atoms with Gasteiger partial charge >= 0.3 is 11.7 Å². The molecule has 0 unspecified atom stereocenters. The zero-order chi connectivity index (χ0) is 21.3. The van der Waals surface area contributed by atoms with E-state index in [9.17, 15) is 9.59 Å². The van der Waals surface area contributed by atoms with Gasteiger partial charge in [0, 0.05) is 13.0 Å². The summed E-state index contributed by atoms with van der Waals surface area (Å²) in [4.78, 5) is 23.7. The number of hydrogen-bond acceptors (Lipinski definition) is 5. The number of hydrogen-bond donors (Lipinski definition) is 1. The third-order valence-corrected chi connectivity index (χ3v) is 4.91. The van der Waals surface area contributed by atoms with Crippen LogP contribution in [0.2, 0.25) is 0 Å². The van der Waals surface area contributed by atoms with Gasteiger partial charge in [0.2, 0.25) is 0 Å². The van der Waals surface area contributed by atoms with Crippen LogP contribution >= 0.6 is 0 Å². The third-order valence-electron chi connectivity index (χ3n) is 4.91. The summed E-state index contributed by atoms with van der Waals surface area (Å²) >= 11 is 0. The van der Waals surface area contributed by atoms with Gasteiger partial charge in [0.15, 0.2) is 5.60 Å². The van der Waals surface area contributed by atoms with Gasteiger partial charge in [-0.15, -0.1) is 0 Å². The average Bonchev–Trinajstić information content (AvgIpc) is 3.05. The molecule has 1 aromatic heterocycles. The van der Waals surface area contributed by atoms with Crippen LogP contribution < -0.4 is 10.4 Å². The molecule has 0 radical (unpaired) electrons. The fraction of sp³-hybridized carbons (Fsp3) is 0.591. The Bertz CT molecular complexity index is 821. The fourth-order valence-electron chi connectivity index (χ4n) is 3.23. The van der Waals surface area contributed by atoms with Gasteiger partial charge in [0.25, 0.3) is 0 Å². The Morgan fingerprint density at radius 2 is 1.83 bits per heavy atom. The minimum atomic E-state index is -1.03. The maximum Gasteiger partial charge on any atom is 0.349 e. The molecule has 1 N–H and O–H groups in total. The highest BCUT2D eigenvalue weighted by Crippen LogP contribution is 2.20. The first kappa shape index (κ1) is 22.7. The number of ether oxygens (including phenoxy) is 2. The second-order valence-electron chi connectivity index (χ2n) is 7.76. The second kappa shape index (κ2) is 10.8. The van der Waals surface area contributed by atoms with E-state index in [-0.39, 0.29) is 5.69 Å². The lowest BCUT2D eigenvalue weighted by molar-refractivity contribution is -0.156. The van der Waals surface area contributed by atoms with Crippen LogP contribution in [0.15, 0.2) is 29.1 Å². The largest absolute Gasteiger partial charge is 0.476 e. The molecule has 29 heavy (non-hydrogen) atoms. The van der Waals surface area contributed by atoms with E-state index in [4.69, 9.17) is 9.47 Å². The van der Waals surface area contributed by atoms with Crippen molar-refractivity contribution in [3.05, 3.63) is 46.1 Å². The van der Waals surface area contributed by atoms with Crippen LogP contribution in [0.3, 0.4) is 0 Å². The lowest BCUT2D eigenvalue weighted by atomic mass is 10.1. The van der Waals surface area contributed by atoms with Crippen molar-refractivity contribution < 1.29 is 14.3 Å². The van der Waals surface area contributed by atoms with Crippen molar-refractivity contribution in [1.82, 2.24) is 14.8 Å². The molecule has 0 bridgehead atoms. The topological polar surface area (TPSA) is 86.2 Å². The number of carbonyl (C=O) groups excluding carboxylic acids is 1. The molecule has 0 spiro atoms. The van der Waals surface area contributed by atoms with Gasteiger partial charge in [-0.2, -0.15) is 5.10 Å². The highest BCUT2D eigenvalue weighted by molar-refractivity contribution is 5.78. The monoisotopic (exact) mass is 403 g/mol. The van der Waals surface area contributed by atoms with E-state index < -0.39 is 11.6 Å². The molecule has 0 aliphatic heterocycles. The first-order valence-corrected chi connectivity index (χ1v) is 10.4. The number of nitrogens with one attached hydrogen (secondary N) is 1. The third kappa shape index (κ3) is 6.76. The van der Waals surface area contributed by atoms with Crippen LogP contribution in [-0.2, 0) is 28.9 Å². The Hall–Kier alpha value is -2.57. The van der Waals surface area contributed by atoms with E-state index >= 15 is 0 Å². The van der Waals surface area contributed by atoms with E-state index in [0.717, 1.165) is 44.5 Å². The molecule has 1 aromatic carbocycles. The molecule has 7 heteroatoms. The Morgan fingerprint density at radius 1 is 1.10 bits per heavy atom. The lowest BCUT2D eigenvalue weighted by Gasteiger charge is -2.23. The number of methoxy groups -OCH3 is 1. The van der Waals surface area contributed by atoms with Gasteiger partial charge in [0.05, 0.1) is 7.11 Å². The number of carbonyl (C=O) groups is 1. The summed E-state index contributed by atoms with van der Waals surface area (Å²) in [7, 11) is 1.35. The minimum Gasteiger partial charge on any atom is -0.476 e. The molecule has 0 atom stereocenters. The smallest absolute Gasteiger partial charge is 0.349 e. The summed E-state index contributed by atoms with van der Waals surface area (Å²) in [6.07, 6.45) is 7.03. The number of esters is 1. The number of rotatable bonds is 12.